The minimum Gasteiger partial charge on any atom is -0.508 e. The van der Waals surface area contributed by atoms with E-state index in [1.165, 1.54) is 6.42 Å². The number of benzene rings is 2. The van der Waals surface area contributed by atoms with Crippen LogP contribution in [0.1, 0.15) is 82.9 Å². The molecule has 1 saturated carbocycles. The number of aromatic hydroxyl groups is 1. The molecule has 1 N–H and O–H groups in total. The summed E-state index contributed by atoms with van der Waals surface area (Å²) >= 11 is 6.54. The Bertz CT molecular complexity index is 1100. The molecule has 0 saturated heterocycles. The van der Waals surface area contributed by atoms with Crippen LogP contribution in [-0.2, 0) is 19.7 Å². The van der Waals surface area contributed by atoms with Crippen LogP contribution in [0.15, 0.2) is 36.4 Å². The highest BCUT2D eigenvalue weighted by Crippen LogP contribution is 2.39. The molecule has 37 heavy (non-hydrogen) atoms. The fraction of sp³-hybridized carbons (Fsp3) is 0.533. The minimum atomic E-state index is -0.418. The normalized spacial score (nSPS) is 14.1. The quantitative estimate of drug-likeness (QED) is 0.224. The number of phenolic OH excluding ortho intramolecular Hbond substituents is 1. The summed E-state index contributed by atoms with van der Waals surface area (Å²) in [5, 5.41) is 19.7. The lowest BCUT2D eigenvalue weighted by Crippen LogP contribution is -2.41. The first-order valence-corrected chi connectivity index (χ1v) is 13.4. The summed E-state index contributed by atoms with van der Waals surface area (Å²) in [6.45, 7) is 8.91. The first-order chi connectivity index (χ1) is 17.5. The second-order valence-corrected chi connectivity index (χ2v) is 11.2. The van der Waals surface area contributed by atoms with E-state index in [0.29, 0.717) is 35.5 Å². The van der Waals surface area contributed by atoms with E-state index in [4.69, 9.17) is 25.8 Å². The average molecular weight is 528 g/mol. The van der Waals surface area contributed by atoms with Gasteiger partial charge in [0.25, 0.3) is 0 Å². The summed E-state index contributed by atoms with van der Waals surface area (Å²) in [7, 11) is 0. The lowest BCUT2D eigenvalue weighted by atomic mass is 9.74. The van der Waals surface area contributed by atoms with Gasteiger partial charge in [-0.3, -0.25) is 0 Å². The van der Waals surface area contributed by atoms with Gasteiger partial charge in [-0.1, -0.05) is 44.0 Å². The topological polar surface area (TPSA) is 88.8 Å². The Kier molecular flexibility index (Phi) is 9.87. The molecular formula is C30H38ClNO5. The maximum absolute atomic E-state index is 12.1. The first-order valence-electron chi connectivity index (χ1n) is 13.0. The van der Waals surface area contributed by atoms with E-state index < -0.39 is 11.0 Å². The van der Waals surface area contributed by atoms with E-state index in [0.717, 1.165) is 43.2 Å². The highest BCUT2D eigenvalue weighted by atomic mass is 35.5. The third-order valence-electron chi connectivity index (χ3n) is 7.34. The number of hydrogen-bond donors (Lipinski definition) is 1. The SMILES string of the molecule is CC(C)(c1ccc(O)cc1)c1cc(Cl)c(OCCCCCOCC(=O)OC(C)(C)C2CCC2)c(C#N)c1. The second-order valence-electron chi connectivity index (χ2n) is 10.8. The van der Waals surface area contributed by atoms with Crippen molar-refractivity contribution in [2.75, 3.05) is 19.8 Å². The van der Waals surface area contributed by atoms with Gasteiger partial charge in [-0.05, 0) is 87.3 Å². The molecule has 0 bridgehead atoms. The van der Waals surface area contributed by atoms with Crippen molar-refractivity contribution < 1.29 is 24.1 Å². The molecule has 0 amide bonds. The van der Waals surface area contributed by atoms with Crippen LogP contribution in [-0.4, -0.2) is 36.5 Å². The number of phenols is 1. The highest BCUT2D eigenvalue weighted by Gasteiger charge is 2.37. The lowest BCUT2D eigenvalue weighted by molar-refractivity contribution is -0.170. The van der Waals surface area contributed by atoms with Gasteiger partial charge in [0.05, 0.1) is 17.2 Å². The molecule has 0 radical (unpaired) electrons. The van der Waals surface area contributed by atoms with Crippen LogP contribution in [0.3, 0.4) is 0 Å². The van der Waals surface area contributed by atoms with Crippen molar-refractivity contribution in [3.63, 3.8) is 0 Å². The van der Waals surface area contributed by atoms with E-state index in [-0.39, 0.29) is 18.3 Å². The number of ether oxygens (including phenoxy) is 3. The Morgan fingerprint density at radius 3 is 2.35 bits per heavy atom. The molecule has 7 heteroatoms. The van der Waals surface area contributed by atoms with E-state index >= 15 is 0 Å². The molecule has 1 aliphatic carbocycles. The smallest absolute Gasteiger partial charge is 0.332 e. The Morgan fingerprint density at radius 1 is 1.05 bits per heavy atom. The molecule has 2 aromatic carbocycles. The summed E-state index contributed by atoms with van der Waals surface area (Å²) in [5.41, 5.74) is 1.44. The maximum atomic E-state index is 12.1. The van der Waals surface area contributed by atoms with Crippen LogP contribution < -0.4 is 4.74 Å². The number of unbranched alkanes of at least 4 members (excludes halogenated alkanes) is 2. The fourth-order valence-corrected chi connectivity index (χ4v) is 4.83. The predicted molar refractivity (Wildman–Crippen MR) is 144 cm³/mol. The molecule has 0 aliphatic heterocycles. The van der Waals surface area contributed by atoms with Crippen molar-refractivity contribution in [2.45, 2.75) is 77.2 Å². The number of halogens is 1. The largest absolute Gasteiger partial charge is 0.508 e. The van der Waals surface area contributed by atoms with Crippen LogP contribution in [0, 0.1) is 17.2 Å². The molecule has 1 fully saturated rings. The van der Waals surface area contributed by atoms with Crippen LogP contribution in [0.2, 0.25) is 5.02 Å². The lowest BCUT2D eigenvalue weighted by Gasteiger charge is -2.39. The van der Waals surface area contributed by atoms with Gasteiger partial charge < -0.3 is 19.3 Å². The van der Waals surface area contributed by atoms with E-state index in [1.807, 2.05) is 52.0 Å². The zero-order valence-corrected chi connectivity index (χ0v) is 23.1. The van der Waals surface area contributed by atoms with Gasteiger partial charge in [-0.2, -0.15) is 5.26 Å². The molecule has 2 aromatic rings. The van der Waals surface area contributed by atoms with Crippen LogP contribution in [0.4, 0.5) is 0 Å². The molecule has 6 nitrogen and oxygen atoms in total. The number of esters is 1. The van der Waals surface area contributed by atoms with Crippen molar-refractivity contribution in [1.29, 1.82) is 5.26 Å². The van der Waals surface area contributed by atoms with Crippen molar-refractivity contribution in [2.24, 2.45) is 5.92 Å². The first kappa shape index (κ1) is 28.8. The number of carbonyl (C=O) groups is 1. The maximum Gasteiger partial charge on any atom is 0.332 e. The molecule has 0 heterocycles. The molecule has 0 spiro atoms. The standard InChI is InChI=1S/C30H38ClNO5/c1-29(2,22-11-13-25(33)14-12-22)24-17-21(19-32)28(26(31)18-24)36-16-7-5-6-15-35-20-27(34)37-30(3,4)23-9-8-10-23/h11-14,17-18,23,33H,5-10,15-16,20H2,1-4H3. The van der Waals surface area contributed by atoms with Gasteiger partial charge in [-0.25, -0.2) is 4.79 Å². The zero-order valence-electron chi connectivity index (χ0n) is 22.3. The summed E-state index contributed by atoms with van der Waals surface area (Å²) in [6, 6.07) is 12.9. The monoisotopic (exact) mass is 527 g/mol. The van der Waals surface area contributed by atoms with Gasteiger partial charge in [0.15, 0.2) is 5.75 Å². The number of carbonyl (C=O) groups excluding carboxylic acids is 1. The van der Waals surface area contributed by atoms with Gasteiger partial charge >= 0.3 is 5.97 Å². The fourth-order valence-electron chi connectivity index (χ4n) is 4.55. The molecule has 0 unspecified atom stereocenters. The molecule has 200 valence electrons. The molecular weight excluding hydrogens is 490 g/mol. The van der Waals surface area contributed by atoms with Gasteiger partial charge in [0.1, 0.15) is 24.0 Å². The summed E-state index contributed by atoms with van der Waals surface area (Å²) in [6.07, 6.45) is 5.86. The molecule has 0 aromatic heterocycles. The van der Waals surface area contributed by atoms with Gasteiger partial charge in [-0.15, -0.1) is 0 Å². The van der Waals surface area contributed by atoms with Crippen molar-refractivity contribution in [1.82, 2.24) is 0 Å². The third kappa shape index (κ3) is 7.63. The highest BCUT2D eigenvalue weighted by molar-refractivity contribution is 6.32. The summed E-state index contributed by atoms with van der Waals surface area (Å²) in [4.78, 5) is 12.1. The van der Waals surface area contributed by atoms with Gasteiger partial charge in [0.2, 0.25) is 0 Å². The Labute approximate surface area is 225 Å². The number of hydrogen-bond acceptors (Lipinski definition) is 6. The number of nitrogens with zero attached hydrogens (tertiary/aromatic N) is 1. The van der Waals surface area contributed by atoms with E-state index in [9.17, 15) is 15.2 Å². The summed E-state index contributed by atoms with van der Waals surface area (Å²) < 4.78 is 17.0. The number of nitriles is 1. The molecule has 3 rings (SSSR count). The zero-order chi connectivity index (χ0) is 27.1. The summed E-state index contributed by atoms with van der Waals surface area (Å²) in [5.74, 6) is 0.739. The Balaban J connectivity index is 1.42. The molecule has 1 aliphatic rings. The van der Waals surface area contributed by atoms with Crippen molar-refractivity contribution in [3.05, 3.63) is 58.1 Å². The van der Waals surface area contributed by atoms with Crippen molar-refractivity contribution >= 4 is 17.6 Å². The number of rotatable bonds is 13. The van der Waals surface area contributed by atoms with Crippen LogP contribution >= 0.6 is 11.6 Å². The second kappa shape index (κ2) is 12.7. The van der Waals surface area contributed by atoms with Crippen molar-refractivity contribution in [3.8, 4) is 17.6 Å². The van der Waals surface area contributed by atoms with Crippen LogP contribution in [0.5, 0.6) is 11.5 Å². The van der Waals surface area contributed by atoms with E-state index in [2.05, 4.69) is 6.07 Å². The van der Waals surface area contributed by atoms with Gasteiger partial charge in [0, 0.05) is 12.0 Å². The van der Waals surface area contributed by atoms with Crippen LogP contribution in [0.25, 0.3) is 0 Å². The minimum absolute atomic E-state index is 0.0272. The third-order valence-corrected chi connectivity index (χ3v) is 7.62. The molecule has 0 atom stereocenters. The Morgan fingerprint density at radius 2 is 1.73 bits per heavy atom. The average Bonchev–Trinajstić information content (AvgIpc) is 2.79. The predicted octanol–water partition coefficient (Wildman–Crippen LogP) is 6.93. The van der Waals surface area contributed by atoms with E-state index in [1.54, 1.807) is 12.1 Å². The Hall–Kier alpha value is -2.75.